The van der Waals surface area contributed by atoms with Crippen LogP contribution in [0.1, 0.15) is 21.5 Å². The average molecular weight is 373 g/mol. The third-order valence-corrected chi connectivity index (χ3v) is 4.82. The van der Waals surface area contributed by atoms with E-state index in [1.54, 1.807) is 11.0 Å². The van der Waals surface area contributed by atoms with Crippen LogP contribution in [0.5, 0.6) is 0 Å². The van der Waals surface area contributed by atoms with Crippen LogP contribution in [-0.4, -0.2) is 48.3 Å². The first kappa shape index (κ1) is 19.0. The fourth-order valence-electron chi connectivity index (χ4n) is 3.27. The fraction of sp³-hybridized carbons (Fsp3) is 0.300. The molecule has 1 N–H and O–H groups in total. The fourth-order valence-corrected chi connectivity index (χ4v) is 3.27. The van der Waals surface area contributed by atoms with Gasteiger partial charge in [0, 0.05) is 44.0 Å². The summed E-state index contributed by atoms with van der Waals surface area (Å²) in [5.74, 6) is -1.02. The van der Waals surface area contributed by atoms with Crippen LogP contribution in [0.25, 0.3) is 0 Å². The summed E-state index contributed by atoms with van der Waals surface area (Å²) in [5, 5.41) is 2.52. The lowest BCUT2D eigenvalue weighted by atomic mass is 10.1. The Morgan fingerprint density at radius 1 is 1.11 bits per heavy atom. The van der Waals surface area contributed by atoms with E-state index in [4.69, 9.17) is 0 Å². The van der Waals surface area contributed by atoms with E-state index in [0.717, 1.165) is 11.1 Å². The molecule has 0 spiro atoms. The van der Waals surface area contributed by atoms with Crippen molar-refractivity contribution in [3.8, 4) is 0 Å². The molecule has 1 aliphatic heterocycles. The molecule has 0 unspecified atom stereocenters. The van der Waals surface area contributed by atoms with Gasteiger partial charge in [-0.2, -0.15) is 0 Å². The normalized spacial score (nSPS) is 14.9. The van der Waals surface area contributed by atoms with Crippen LogP contribution >= 0.6 is 0 Å². The lowest BCUT2D eigenvalue weighted by Crippen LogP contribution is -2.48. The van der Waals surface area contributed by atoms with Crippen molar-refractivity contribution in [2.45, 2.75) is 13.5 Å². The minimum atomic E-state index is -0.430. The van der Waals surface area contributed by atoms with Crippen molar-refractivity contribution >= 4 is 18.0 Å². The Morgan fingerprint density at radius 2 is 1.85 bits per heavy atom. The number of carbonyl (C=O) groups is 2. The van der Waals surface area contributed by atoms with Crippen LogP contribution < -0.4 is 5.32 Å². The molecular weight excluding hydrogens is 352 g/mol. The zero-order chi connectivity index (χ0) is 19.4. The molecule has 2 aromatic carbocycles. The maximum Gasteiger partial charge on any atom is 0.254 e. The minimum absolute atomic E-state index is 0.187. The Kier molecular flexibility index (Phi) is 5.81. The number of nitrogens with one attached hydrogen (secondary N) is 1. The van der Waals surface area contributed by atoms with E-state index < -0.39 is 11.6 Å². The number of carbonyl (C=O) groups excluding carboxylic acids is 2. The summed E-state index contributed by atoms with van der Waals surface area (Å²) < 4.78 is 27.1. The van der Waals surface area contributed by atoms with Gasteiger partial charge in [-0.05, 0) is 48.4 Å². The van der Waals surface area contributed by atoms with Crippen LogP contribution in [0.15, 0.2) is 36.4 Å². The van der Waals surface area contributed by atoms with Crippen molar-refractivity contribution in [3.05, 3.63) is 64.7 Å². The first-order chi connectivity index (χ1) is 13.0. The third kappa shape index (κ3) is 4.49. The maximum atomic E-state index is 13.8. The van der Waals surface area contributed by atoms with E-state index in [1.807, 2.05) is 6.92 Å². The molecule has 2 aromatic rings. The van der Waals surface area contributed by atoms with Crippen molar-refractivity contribution in [2.24, 2.45) is 0 Å². The SMILES string of the molecule is Cc1c(CN2CCN(C(=O)c3cccc(F)c3)CC2)cc(F)cc1NC=O. The van der Waals surface area contributed by atoms with Gasteiger partial charge in [-0.3, -0.25) is 14.5 Å². The lowest BCUT2D eigenvalue weighted by molar-refractivity contribution is -0.105. The summed E-state index contributed by atoms with van der Waals surface area (Å²) in [7, 11) is 0. The molecular formula is C20H21F2N3O2. The molecule has 3 rings (SSSR count). The molecule has 0 atom stereocenters. The van der Waals surface area contributed by atoms with Gasteiger partial charge in [0.25, 0.3) is 5.91 Å². The highest BCUT2D eigenvalue weighted by molar-refractivity contribution is 5.94. The van der Waals surface area contributed by atoms with E-state index in [-0.39, 0.29) is 5.91 Å². The Morgan fingerprint density at radius 3 is 2.52 bits per heavy atom. The van der Waals surface area contributed by atoms with Gasteiger partial charge in [0.05, 0.1) is 0 Å². The largest absolute Gasteiger partial charge is 0.336 e. The zero-order valence-corrected chi connectivity index (χ0v) is 15.0. The number of nitrogens with zero attached hydrogens (tertiary/aromatic N) is 2. The van der Waals surface area contributed by atoms with Crippen molar-refractivity contribution in [1.82, 2.24) is 9.80 Å². The molecule has 0 bridgehead atoms. The van der Waals surface area contributed by atoms with Crippen molar-refractivity contribution in [3.63, 3.8) is 0 Å². The molecule has 0 radical (unpaired) electrons. The molecule has 1 fully saturated rings. The lowest BCUT2D eigenvalue weighted by Gasteiger charge is -2.35. The highest BCUT2D eigenvalue weighted by Crippen LogP contribution is 2.23. The Labute approximate surface area is 156 Å². The second kappa shape index (κ2) is 8.26. The molecule has 5 nitrogen and oxygen atoms in total. The number of piperazine rings is 1. The van der Waals surface area contributed by atoms with E-state index in [2.05, 4.69) is 10.2 Å². The topological polar surface area (TPSA) is 52.6 Å². The Bertz CT molecular complexity index is 849. The predicted octanol–water partition coefficient (Wildman–Crippen LogP) is 2.80. The Hall–Kier alpha value is -2.80. The molecule has 142 valence electrons. The van der Waals surface area contributed by atoms with Gasteiger partial charge in [-0.15, -0.1) is 0 Å². The second-order valence-corrected chi connectivity index (χ2v) is 6.58. The molecule has 0 aliphatic carbocycles. The molecule has 0 aromatic heterocycles. The molecule has 27 heavy (non-hydrogen) atoms. The summed E-state index contributed by atoms with van der Waals surface area (Å²) in [6.07, 6.45) is 0.530. The summed E-state index contributed by atoms with van der Waals surface area (Å²) in [6, 6.07) is 8.44. The number of hydrogen-bond acceptors (Lipinski definition) is 3. The van der Waals surface area contributed by atoms with Crippen LogP contribution in [0.3, 0.4) is 0 Å². The molecule has 0 saturated carbocycles. The van der Waals surface area contributed by atoms with Crippen LogP contribution in [0.4, 0.5) is 14.5 Å². The van der Waals surface area contributed by atoms with Gasteiger partial charge in [0.15, 0.2) is 0 Å². The van der Waals surface area contributed by atoms with E-state index in [0.29, 0.717) is 50.4 Å². The van der Waals surface area contributed by atoms with Crippen LogP contribution in [-0.2, 0) is 11.3 Å². The first-order valence-electron chi connectivity index (χ1n) is 8.74. The zero-order valence-electron chi connectivity index (χ0n) is 15.0. The van der Waals surface area contributed by atoms with Crippen LogP contribution in [0, 0.1) is 18.6 Å². The smallest absolute Gasteiger partial charge is 0.254 e. The number of anilines is 1. The minimum Gasteiger partial charge on any atom is -0.336 e. The van der Waals surface area contributed by atoms with Crippen LogP contribution in [0.2, 0.25) is 0 Å². The second-order valence-electron chi connectivity index (χ2n) is 6.58. The maximum absolute atomic E-state index is 13.8. The number of benzene rings is 2. The third-order valence-electron chi connectivity index (χ3n) is 4.82. The van der Waals surface area contributed by atoms with Gasteiger partial charge in [0.1, 0.15) is 11.6 Å². The standard InChI is InChI=1S/C20H21F2N3O2/c1-14-16(10-18(22)11-19(14)23-13-26)12-24-5-7-25(8-6-24)20(27)15-3-2-4-17(21)9-15/h2-4,9-11,13H,5-8,12H2,1H3,(H,23,26). The quantitative estimate of drug-likeness (QED) is 0.820. The van der Waals surface area contributed by atoms with Crippen molar-refractivity contribution in [1.29, 1.82) is 0 Å². The van der Waals surface area contributed by atoms with Gasteiger partial charge in [0.2, 0.25) is 6.41 Å². The van der Waals surface area contributed by atoms with E-state index in [9.17, 15) is 18.4 Å². The van der Waals surface area contributed by atoms with Gasteiger partial charge < -0.3 is 10.2 Å². The summed E-state index contributed by atoms with van der Waals surface area (Å²) in [5.41, 5.74) is 2.42. The Balaban J connectivity index is 1.63. The summed E-state index contributed by atoms with van der Waals surface area (Å²) in [6.45, 7) is 4.66. The summed E-state index contributed by atoms with van der Waals surface area (Å²) in [4.78, 5) is 27.0. The monoisotopic (exact) mass is 373 g/mol. The first-order valence-corrected chi connectivity index (χ1v) is 8.74. The van der Waals surface area contributed by atoms with E-state index in [1.165, 1.54) is 30.3 Å². The highest BCUT2D eigenvalue weighted by Gasteiger charge is 2.23. The molecule has 1 saturated heterocycles. The predicted molar refractivity (Wildman–Crippen MR) is 98.4 cm³/mol. The number of rotatable bonds is 5. The highest BCUT2D eigenvalue weighted by atomic mass is 19.1. The molecule has 1 heterocycles. The van der Waals surface area contributed by atoms with Crippen molar-refractivity contribution in [2.75, 3.05) is 31.5 Å². The molecule has 2 amide bonds. The van der Waals surface area contributed by atoms with E-state index >= 15 is 0 Å². The molecule has 1 aliphatic rings. The van der Waals surface area contributed by atoms with Crippen molar-refractivity contribution < 1.29 is 18.4 Å². The average Bonchev–Trinajstić information content (AvgIpc) is 2.66. The van der Waals surface area contributed by atoms with Gasteiger partial charge in [-0.25, -0.2) is 8.78 Å². The number of hydrogen-bond donors (Lipinski definition) is 1. The number of halogens is 2. The number of amides is 2. The van der Waals surface area contributed by atoms with Gasteiger partial charge in [-0.1, -0.05) is 6.07 Å². The summed E-state index contributed by atoms with van der Waals surface area (Å²) >= 11 is 0. The van der Waals surface area contributed by atoms with Gasteiger partial charge >= 0.3 is 0 Å². The molecule has 7 heteroatoms.